The van der Waals surface area contributed by atoms with Crippen molar-refractivity contribution < 1.29 is 5.11 Å². The predicted octanol–water partition coefficient (Wildman–Crippen LogP) is 3.08. The van der Waals surface area contributed by atoms with Crippen LogP contribution in [0.15, 0.2) is 18.2 Å². The SMILES string of the molecule is CCc1c(O)cccc1C(C)C. The maximum atomic E-state index is 9.54. The number of aromatic hydroxyl groups is 1. The Hall–Kier alpha value is -0.980. The molecular formula is C11H16O. The molecule has 0 spiro atoms. The van der Waals surface area contributed by atoms with Gasteiger partial charge in [-0.25, -0.2) is 0 Å². The van der Waals surface area contributed by atoms with E-state index in [0.29, 0.717) is 11.7 Å². The highest BCUT2D eigenvalue weighted by Gasteiger charge is 2.07. The minimum Gasteiger partial charge on any atom is -0.508 e. The first-order chi connectivity index (χ1) is 5.66. The molecule has 0 radical (unpaired) electrons. The van der Waals surface area contributed by atoms with Crippen LogP contribution < -0.4 is 0 Å². The highest BCUT2D eigenvalue weighted by atomic mass is 16.3. The largest absolute Gasteiger partial charge is 0.508 e. The van der Waals surface area contributed by atoms with E-state index in [4.69, 9.17) is 0 Å². The molecule has 0 aliphatic heterocycles. The molecule has 1 aromatic rings. The van der Waals surface area contributed by atoms with Crippen LogP contribution in [0.1, 0.15) is 37.8 Å². The normalized spacial score (nSPS) is 10.7. The summed E-state index contributed by atoms with van der Waals surface area (Å²) >= 11 is 0. The maximum absolute atomic E-state index is 9.54. The topological polar surface area (TPSA) is 20.2 Å². The molecule has 1 heteroatoms. The Morgan fingerprint density at radius 2 is 2.00 bits per heavy atom. The Morgan fingerprint density at radius 1 is 1.33 bits per heavy atom. The van der Waals surface area contributed by atoms with Crippen LogP contribution in [0.25, 0.3) is 0 Å². The third kappa shape index (κ3) is 1.60. The fraction of sp³-hybridized carbons (Fsp3) is 0.455. The average molecular weight is 164 g/mol. The summed E-state index contributed by atoms with van der Waals surface area (Å²) in [5, 5.41) is 9.54. The molecule has 0 atom stereocenters. The van der Waals surface area contributed by atoms with Crippen molar-refractivity contribution in [2.45, 2.75) is 33.1 Å². The Morgan fingerprint density at radius 3 is 2.42 bits per heavy atom. The van der Waals surface area contributed by atoms with Gasteiger partial charge in [0.05, 0.1) is 0 Å². The van der Waals surface area contributed by atoms with E-state index in [1.165, 1.54) is 5.56 Å². The molecule has 0 heterocycles. The summed E-state index contributed by atoms with van der Waals surface area (Å²) in [4.78, 5) is 0. The molecule has 66 valence electrons. The van der Waals surface area contributed by atoms with Crippen molar-refractivity contribution in [2.24, 2.45) is 0 Å². The first-order valence-corrected chi connectivity index (χ1v) is 4.47. The number of hydrogen-bond donors (Lipinski definition) is 1. The molecule has 0 aromatic heterocycles. The van der Waals surface area contributed by atoms with Crippen molar-refractivity contribution in [1.82, 2.24) is 0 Å². The van der Waals surface area contributed by atoms with Crippen LogP contribution in [-0.4, -0.2) is 5.11 Å². The molecule has 1 nitrogen and oxygen atoms in total. The summed E-state index contributed by atoms with van der Waals surface area (Å²) in [7, 11) is 0. The summed E-state index contributed by atoms with van der Waals surface area (Å²) < 4.78 is 0. The zero-order chi connectivity index (χ0) is 9.14. The van der Waals surface area contributed by atoms with Crippen LogP contribution in [0.4, 0.5) is 0 Å². The van der Waals surface area contributed by atoms with Gasteiger partial charge in [0.15, 0.2) is 0 Å². The van der Waals surface area contributed by atoms with Gasteiger partial charge in [0, 0.05) is 0 Å². The molecule has 0 unspecified atom stereocenters. The summed E-state index contributed by atoms with van der Waals surface area (Å²) in [6, 6.07) is 5.75. The molecule has 0 amide bonds. The van der Waals surface area contributed by atoms with Crippen molar-refractivity contribution in [3.8, 4) is 5.75 Å². The molecule has 1 N–H and O–H groups in total. The van der Waals surface area contributed by atoms with E-state index in [1.54, 1.807) is 6.07 Å². The van der Waals surface area contributed by atoms with Crippen molar-refractivity contribution in [3.63, 3.8) is 0 Å². The first-order valence-electron chi connectivity index (χ1n) is 4.47. The monoisotopic (exact) mass is 164 g/mol. The smallest absolute Gasteiger partial charge is 0.119 e. The Labute approximate surface area is 74.1 Å². The number of phenolic OH excluding ortho intramolecular Hbond substituents is 1. The zero-order valence-corrected chi connectivity index (χ0v) is 7.96. The van der Waals surface area contributed by atoms with E-state index >= 15 is 0 Å². The average Bonchev–Trinajstić information content (AvgIpc) is 2.03. The molecule has 0 bridgehead atoms. The van der Waals surface area contributed by atoms with Crippen LogP contribution in [0.5, 0.6) is 5.75 Å². The standard InChI is InChI=1S/C11H16O/c1-4-9-10(8(2)3)6-5-7-11(9)12/h5-8,12H,4H2,1-3H3. The zero-order valence-electron chi connectivity index (χ0n) is 7.96. The van der Waals surface area contributed by atoms with E-state index in [-0.39, 0.29) is 0 Å². The van der Waals surface area contributed by atoms with Gasteiger partial charge in [-0.2, -0.15) is 0 Å². The molecule has 0 aliphatic carbocycles. The Balaban J connectivity index is 3.18. The summed E-state index contributed by atoms with van der Waals surface area (Å²) in [5.74, 6) is 0.927. The van der Waals surface area contributed by atoms with Gasteiger partial charge in [0.1, 0.15) is 5.75 Å². The number of phenols is 1. The van der Waals surface area contributed by atoms with Gasteiger partial charge in [0.2, 0.25) is 0 Å². The number of rotatable bonds is 2. The molecule has 0 saturated carbocycles. The third-order valence-electron chi connectivity index (χ3n) is 2.16. The molecule has 0 aliphatic rings. The lowest BCUT2D eigenvalue weighted by atomic mass is 9.95. The van der Waals surface area contributed by atoms with E-state index in [9.17, 15) is 5.11 Å². The lowest BCUT2D eigenvalue weighted by Crippen LogP contribution is -1.94. The van der Waals surface area contributed by atoms with Gasteiger partial charge in [-0.15, -0.1) is 0 Å². The summed E-state index contributed by atoms with van der Waals surface area (Å²) in [6.45, 7) is 6.36. The molecule has 0 saturated heterocycles. The van der Waals surface area contributed by atoms with E-state index in [2.05, 4.69) is 26.8 Å². The lowest BCUT2D eigenvalue weighted by molar-refractivity contribution is 0.467. The highest BCUT2D eigenvalue weighted by Crippen LogP contribution is 2.26. The minimum atomic E-state index is 0.434. The quantitative estimate of drug-likeness (QED) is 0.712. The van der Waals surface area contributed by atoms with Crippen molar-refractivity contribution in [2.75, 3.05) is 0 Å². The fourth-order valence-corrected chi connectivity index (χ4v) is 1.52. The highest BCUT2D eigenvalue weighted by molar-refractivity contribution is 5.40. The number of hydrogen-bond acceptors (Lipinski definition) is 1. The molecular weight excluding hydrogens is 148 g/mol. The second kappa shape index (κ2) is 3.61. The molecule has 12 heavy (non-hydrogen) atoms. The maximum Gasteiger partial charge on any atom is 0.119 e. The van der Waals surface area contributed by atoms with Gasteiger partial charge in [-0.1, -0.05) is 32.9 Å². The van der Waals surface area contributed by atoms with E-state index in [1.807, 2.05) is 6.07 Å². The van der Waals surface area contributed by atoms with Crippen LogP contribution in [0, 0.1) is 0 Å². The second-order valence-electron chi connectivity index (χ2n) is 3.35. The van der Waals surface area contributed by atoms with Gasteiger partial charge < -0.3 is 5.11 Å². The van der Waals surface area contributed by atoms with E-state index < -0.39 is 0 Å². The van der Waals surface area contributed by atoms with Gasteiger partial charge in [-0.3, -0.25) is 0 Å². The Bertz CT molecular complexity index is 264. The van der Waals surface area contributed by atoms with Crippen LogP contribution >= 0.6 is 0 Å². The number of benzene rings is 1. The predicted molar refractivity (Wildman–Crippen MR) is 51.6 cm³/mol. The van der Waals surface area contributed by atoms with Crippen LogP contribution in [-0.2, 0) is 6.42 Å². The fourth-order valence-electron chi connectivity index (χ4n) is 1.52. The van der Waals surface area contributed by atoms with Crippen LogP contribution in [0.2, 0.25) is 0 Å². The minimum absolute atomic E-state index is 0.434. The van der Waals surface area contributed by atoms with Gasteiger partial charge >= 0.3 is 0 Å². The molecule has 0 fully saturated rings. The summed E-state index contributed by atoms with van der Waals surface area (Å²) in [6.07, 6.45) is 0.903. The van der Waals surface area contributed by atoms with Crippen molar-refractivity contribution in [3.05, 3.63) is 29.3 Å². The third-order valence-corrected chi connectivity index (χ3v) is 2.16. The van der Waals surface area contributed by atoms with Gasteiger partial charge in [0.25, 0.3) is 0 Å². The second-order valence-corrected chi connectivity index (χ2v) is 3.35. The molecule has 1 aromatic carbocycles. The van der Waals surface area contributed by atoms with Crippen molar-refractivity contribution in [1.29, 1.82) is 0 Å². The summed E-state index contributed by atoms with van der Waals surface area (Å²) in [5.41, 5.74) is 2.35. The Kier molecular flexibility index (Phi) is 2.74. The lowest BCUT2D eigenvalue weighted by Gasteiger charge is -2.12. The van der Waals surface area contributed by atoms with Gasteiger partial charge in [-0.05, 0) is 29.5 Å². The van der Waals surface area contributed by atoms with Crippen LogP contribution in [0.3, 0.4) is 0 Å². The van der Waals surface area contributed by atoms with Crippen molar-refractivity contribution >= 4 is 0 Å². The first kappa shape index (κ1) is 9.11. The van der Waals surface area contributed by atoms with E-state index in [0.717, 1.165) is 12.0 Å². The molecule has 1 rings (SSSR count).